The van der Waals surface area contributed by atoms with Crippen molar-refractivity contribution in [3.8, 4) is 0 Å². The first-order valence-electron chi connectivity index (χ1n) is 13.4. The molecule has 1 aliphatic heterocycles. The molecule has 212 valence electrons. The maximum Gasteiger partial charge on any atom is 0.338 e. The number of esters is 1. The Balaban J connectivity index is 1.40. The number of rotatable bonds is 7. The molecular formula is C32H28N4O4S2. The Bertz CT molecular complexity index is 2010. The maximum atomic E-state index is 13.9. The molecule has 6 rings (SSSR count). The number of hydrogen-bond acceptors (Lipinski definition) is 9. The molecule has 1 aliphatic rings. The van der Waals surface area contributed by atoms with Gasteiger partial charge in [-0.15, -0.1) is 0 Å². The monoisotopic (exact) mass is 596 g/mol. The normalized spacial score (nSPS) is 15.0. The third-order valence-electron chi connectivity index (χ3n) is 6.92. The number of ether oxygens (including phenoxy) is 1. The van der Waals surface area contributed by atoms with Gasteiger partial charge in [0.25, 0.3) is 5.56 Å². The number of anilines is 1. The summed E-state index contributed by atoms with van der Waals surface area (Å²) in [6.45, 7) is 3.76. The van der Waals surface area contributed by atoms with Crippen LogP contribution >= 0.6 is 23.1 Å². The Kier molecular flexibility index (Phi) is 7.57. The minimum Gasteiger partial charge on any atom is -0.463 e. The van der Waals surface area contributed by atoms with Gasteiger partial charge in [0.15, 0.2) is 9.89 Å². The summed E-state index contributed by atoms with van der Waals surface area (Å²) in [5, 5.41) is 1.74. The van der Waals surface area contributed by atoms with E-state index >= 15 is 0 Å². The van der Waals surface area contributed by atoms with Crippen LogP contribution in [0.25, 0.3) is 17.0 Å². The maximum absolute atomic E-state index is 13.9. The number of furan rings is 1. The van der Waals surface area contributed by atoms with Crippen LogP contribution in [0.5, 0.6) is 0 Å². The van der Waals surface area contributed by atoms with Gasteiger partial charge in [0.2, 0.25) is 0 Å². The van der Waals surface area contributed by atoms with Gasteiger partial charge < -0.3 is 14.1 Å². The van der Waals surface area contributed by atoms with E-state index in [4.69, 9.17) is 9.15 Å². The van der Waals surface area contributed by atoms with E-state index in [0.717, 1.165) is 27.0 Å². The zero-order chi connectivity index (χ0) is 29.4. The molecule has 0 aliphatic carbocycles. The van der Waals surface area contributed by atoms with Crippen molar-refractivity contribution in [1.82, 2.24) is 9.55 Å². The van der Waals surface area contributed by atoms with Crippen molar-refractivity contribution in [3.05, 3.63) is 115 Å². The Morgan fingerprint density at radius 2 is 1.90 bits per heavy atom. The van der Waals surface area contributed by atoms with Crippen LogP contribution in [0.15, 0.2) is 108 Å². The number of allylic oxidation sites excluding steroid dienone is 1. The second-order valence-electron chi connectivity index (χ2n) is 9.88. The molecule has 0 saturated heterocycles. The summed E-state index contributed by atoms with van der Waals surface area (Å²) in [5.74, 6) is 0.0644. The summed E-state index contributed by atoms with van der Waals surface area (Å²) in [5.41, 5.74) is 3.35. The fourth-order valence-corrected chi connectivity index (χ4v) is 6.86. The van der Waals surface area contributed by atoms with E-state index < -0.39 is 12.0 Å². The molecule has 0 fully saturated rings. The summed E-state index contributed by atoms with van der Waals surface area (Å²) in [6, 6.07) is 20.8. The fourth-order valence-electron chi connectivity index (χ4n) is 4.92. The lowest BCUT2D eigenvalue weighted by Gasteiger charge is -2.25. The Morgan fingerprint density at radius 1 is 1.12 bits per heavy atom. The summed E-state index contributed by atoms with van der Waals surface area (Å²) >= 11 is 2.75. The number of aromatic nitrogens is 2. The fraction of sp³-hybridized carbons (Fsp3) is 0.188. The minimum absolute atomic E-state index is 0.222. The molecule has 0 saturated carbocycles. The predicted molar refractivity (Wildman–Crippen MR) is 166 cm³/mol. The molecule has 0 spiro atoms. The highest BCUT2D eigenvalue weighted by Gasteiger charge is 2.33. The topological polar surface area (TPSA) is 89.9 Å². The lowest BCUT2D eigenvalue weighted by Crippen LogP contribution is -2.39. The van der Waals surface area contributed by atoms with Crippen LogP contribution in [0.3, 0.4) is 0 Å². The molecule has 0 N–H and O–H groups in total. The van der Waals surface area contributed by atoms with Gasteiger partial charge in [-0.05, 0) is 67.6 Å². The number of para-hydroxylation sites is 1. The molecule has 1 atom stereocenters. The molecule has 3 aromatic heterocycles. The highest BCUT2D eigenvalue weighted by molar-refractivity contribution is 7.99. The van der Waals surface area contributed by atoms with Crippen molar-refractivity contribution in [2.24, 2.45) is 4.99 Å². The van der Waals surface area contributed by atoms with E-state index in [1.165, 1.54) is 23.1 Å². The van der Waals surface area contributed by atoms with Gasteiger partial charge >= 0.3 is 5.97 Å². The Hall–Kier alpha value is -4.41. The van der Waals surface area contributed by atoms with Crippen molar-refractivity contribution in [2.75, 3.05) is 25.6 Å². The van der Waals surface area contributed by atoms with Crippen LogP contribution in [0.4, 0.5) is 5.69 Å². The average molecular weight is 597 g/mol. The predicted octanol–water partition coefficient (Wildman–Crippen LogP) is 5.16. The number of benzene rings is 2. The van der Waals surface area contributed by atoms with Crippen LogP contribution in [0.1, 0.15) is 31.2 Å². The number of nitrogens with zero attached hydrogens (tertiary/aromatic N) is 4. The van der Waals surface area contributed by atoms with Crippen LogP contribution in [0.2, 0.25) is 0 Å². The summed E-state index contributed by atoms with van der Waals surface area (Å²) < 4.78 is 13.5. The number of thiazole rings is 1. The highest BCUT2D eigenvalue weighted by atomic mass is 32.2. The SMILES string of the molecule is CCOC(=O)C1=C(C)N=c2s/c(=C\c3ccc(Sc4cccc5cccnc45)o3)c(=O)n2[C@H]1c1ccc(N(C)C)cc1. The summed E-state index contributed by atoms with van der Waals surface area (Å²) in [6.07, 6.45) is 3.50. The second kappa shape index (κ2) is 11.5. The molecule has 4 heterocycles. The zero-order valence-corrected chi connectivity index (χ0v) is 25.2. The van der Waals surface area contributed by atoms with E-state index in [0.29, 0.717) is 31.5 Å². The molecule has 0 amide bonds. The Morgan fingerprint density at radius 3 is 2.67 bits per heavy atom. The number of pyridine rings is 1. The zero-order valence-electron chi connectivity index (χ0n) is 23.5. The van der Waals surface area contributed by atoms with E-state index in [1.54, 1.807) is 30.7 Å². The van der Waals surface area contributed by atoms with Crippen molar-refractivity contribution in [2.45, 2.75) is 29.9 Å². The molecule has 2 aromatic carbocycles. The summed E-state index contributed by atoms with van der Waals surface area (Å²) in [7, 11) is 3.92. The highest BCUT2D eigenvalue weighted by Crippen LogP contribution is 2.34. The first-order chi connectivity index (χ1) is 20.3. The summed E-state index contributed by atoms with van der Waals surface area (Å²) in [4.78, 5) is 39.7. The first-order valence-corrected chi connectivity index (χ1v) is 15.1. The smallest absolute Gasteiger partial charge is 0.338 e. The van der Waals surface area contributed by atoms with Gasteiger partial charge in [0.1, 0.15) is 5.76 Å². The van der Waals surface area contributed by atoms with Crippen LogP contribution < -0.4 is 19.8 Å². The number of carbonyl (C=O) groups is 1. The third kappa shape index (κ3) is 5.19. The van der Waals surface area contributed by atoms with Crippen molar-refractivity contribution < 1.29 is 13.9 Å². The van der Waals surface area contributed by atoms with E-state index in [1.807, 2.05) is 85.7 Å². The quantitative estimate of drug-likeness (QED) is 0.240. The van der Waals surface area contributed by atoms with Crippen LogP contribution in [0, 0.1) is 0 Å². The lowest BCUT2D eigenvalue weighted by atomic mass is 9.95. The van der Waals surface area contributed by atoms with Gasteiger partial charge in [-0.25, -0.2) is 9.79 Å². The van der Waals surface area contributed by atoms with E-state index in [-0.39, 0.29) is 12.2 Å². The van der Waals surface area contributed by atoms with Gasteiger partial charge in [-0.3, -0.25) is 14.3 Å². The van der Waals surface area contributed by atoms with Crippen molar-refractivity contribution in [1.29, 1.82) is 0 Å². The van der Waals surface area contributed by atoms with Gasteiger partial charge in [-0.1, -0.05) is 41.7 Å². The average Bonchev–Trinajstić information content (AvgIpc) is 3.55. The molecule has 10 heteroatoms. The van der Waals surface area contributed by atoms with Gasteiger partial charge in [-0.2, -0.15) is 0 Å². The first kappa shape index (κ1) is 27.7. The molecule has 0 bridgehead atoms. The molecule has 42 heavy (non-hydrogen) atoms. The number of carbonyl (C=O) groups excluding carboxylic acids is 1. The number of hydrogen-bond donors (Lipinski definition) is 0. The molecular weight excluding hydrogens is 569 g/mol. The van der Waals surface area contributed by atoms with Gasteiger partial charge in [0, 0.05) is 42.3 Å². The van der Waals surface area contributed by atoms with Crippen molar-refractivity contribution in [3.63, 3.8) is 0 Å². The van der Waals surface area contributed by atoms with E-state index in [2.05, 4.69) is 9.98 Å². The minimum atomic E-state index is -0.666. The molecule has 0 unspecified atom stereocenters. The second-order valence-corrected chi connectivity index (χ2v) is 11.9. The number of fused-ring (bicyclic) bond motifs is 2. The third-order valence-corrected chi connectivity index (χ3v) is 8.88. The van der Waals surface area contributed by atoms with Crippen molar-refractivity contribution >= 4 is 51.7 Å². The van der Waals surface area contributed by atoms with Crippen LogP contribution in [-0.4, -0.2) is 36.2 Å². The largest absolute Gasteiger partial charge is 0.463 e. The molecule has 0 radical (unpaired) electrons. The molecule has 8 nitrogen and oxygen atoms in total. The lowest BCUT2D eigenvalue weighted by molar-refractivity contribution is -0.139. The van der Waals surface area contributed by atoms with Crippen LogP contribution in [-0.2, 0) is 9.53 Å². The Labute approximate surface area is 250 Å². The van der Waals surface area contributed by atoms with E-state index in [9.17, 15) is 9.59 Å². The standard InChI is InChI=1S/C32H28N4O4S2/c1-5-39-31(38)27-19(2)34-32-36(29(27)21-11-13-22(14-12-21)35(3)4)30(37)25(42-32)18-23-15-16-26(40-23)41-24-10-6-8-20-9-7-17-33-28(20)24/h6-18,29H,5H2,1-4H3/b25-18-/t29-/m0/s1. The van der Waals surface area contributed by atoms with Gasteiger partial charge in [0.05, 0.1) is 34.0 Å². The molecule has 5 aromatic rings.